The molecule has 0 amide bonds. The van der Waals surface area contributed by atoms with Crippen molar-refractivity contribution in [1.29, 1.82) is 0 Å². The summed E-state index contributed by atoms with van der Waals surface area (Å²) in [7, 11) is 0. The molecule has 0 radical (unpaired) electrons. The minimum absolute atomic E-state index is 0.143. The van der Waals surface area contributed by atoms with Crippen molar-refractivity contribution < 1.29 is 0 Å². The van der Waals surface area contributed by atoms with Gasteiger partial charge >= 0.3 is 0 Å². The molecule has 1 N–H and O–H groups in total. The van der Waals surface area contributed by atoms with Crippen LogP contribution in [0, 0.1) is 0 Å². The van der Waals surface area contributed by atoms with Crippen LogP contribution in [0.4, 0.5) is 0 Å². The SMILES string of the molecule is CCNCC.Clc1ccccc1C(Cc1ccccc1)c1ccccc1Cl. The molecule has 1 nitrogen and oxygen atoms in total. The molecule has 0 saturated heterocycles. The highest BCUT2D eigenvalue weighted by atomic mass is 35.5. The van der Waals surface area contributed by atoms with Gasteiger partial charge in [0.2, 0.25) is 0 Å². The molecule has 3 aromatic rings. The van der Waals surface area contributed by atoms with Crippen LogP contribution in [0.1, 0.15) is 36.5 Å². The lowest BCUT2D eigenvalue weighted by atomic mass is 9.86. The van der Waals surface area contributed by atoms with Crippen LogP contribution < -0.4 is 5.32 Å². The zero-order valence-corrected chi connectivity index (χ0v) is 17.5. The Balaban J connectivity index is 0.000000465. The molecule has 0 unspecified atom stereocenters. The second-order valence-corrected chi connectivity index (χ2v) is 7.06. The maximum atomic E-state index is 6.44. The van der Waals surface area contributed by atoms with Crippen LogP contribution in [0.5, 0.6) is 0 Å². The van der Waals surface area contributed by atoms with E-state index in [2.05, 4.69) is 55.6 Å². The molecule has 0 aliphatic rings. The Kier molecular flexibility index (Phi) is 9.41. The fourth-order valence-electron chi connectivity index (χ4n) is 3.00. The van der Waals surface area contributed by atoms with Crippen LogP contribution in [0.25, 0.3) is 0 Å². The first-order valence-electron chi connectivity index (χ1n) is 9.40. The van der Waals surface area contributed by atoms with Gasteiger partial charge in [0.15, 0.2) is 0 Å². The summed E-state index contributed by atoms with van der Waals surface area (Å²) >= 11 is 12.9. The third kappa shape index (κ3) is 6.70. The van der Waals surface area contributed by atoms with Gasteiger partial charge in [-0.05, 0) is 48.3 Å². The van der Waals surface area contributed by atoms with Gasteiger partial charge in [-0.3, -0.25) is 0 Å². The molecule has 3 aromatic carbocycles. The smallest absolute Gasteiger partial charge is 0.0444 e. The molecule has 0 bridgehead atoms. The summed E-state index contributed by atoms with van der Waals surface area (Å²) in [5.74, 6) is 0.143. The molecule has 0 heterocycles. The van der Waals surface area contributed by atoms with Crippen molar-refractivity contribution in [3.05, 3.63) is 106 Å². The summed E-state index contributed by atoms with van der Waals surface area (Å²) in [6.07, 6.45) is 0.869. The van der Waals surface area contributed by atoms with E-state index in [4.69, 9.17) is 23.2 Å². The summed E-state index contributed by atoms with van der Waals surface area (Å²) in [6.45, 7) is 6.39. The Morgan fingerprint density at radius 3 is 1.52 bits per heavy atom. The van der Waals surface area contributed by atoms with E-state index in [1.54, 1.807) is 0 Å². The lowest BCUT2D eigenvalue weighted by Crippen LogP contribution is -2.09. The maximum Gasteiger partial charge on any atom is 0.0444 e. The molecular weight excluding hydrogens is 373 g/mol. The highest BCUT2D eigenvalue weighted by Crippen LogP contribution is 2.36. The number of rotatable bonds is 6. The zero-order chi connectivity index (χ0) is 19.5. The highest BCUT2D eigenvalue weighted by Gasteiger charge is 2.19. The van der Waals surface area contributed by atoms with Gasteiger partial charge in [0.25, 0.3) is 0 Å². The maximum absolute atomic E-state index is 6.44. The van der Waals surface area contributed by atoms with Crippen molar-refractivity contribution in [2.45, 2.75) is 26.2 Å². The van der Waals surface area contributed by atoms with E-state index in [0.717, 1.165) is 40.7 Å². The number of halogens is 2. The molecule has 0 aromatic heterocycles. The summed E-state index contributed by atoms with van der Waals surface area (Å²) in [5.41, 5.74) is 3.49. The van der Waals surface area contributed by atoms with Crippen LogP contribution in [0.15, 0.2) is 78.9 Å². The highest BCUT2D eigenvalue weighted by molar-refractivity contribution is 6.32. The van der Waals surface area contributed by atoms with Gasteiger partial charge in [0.1, 0.15) is 0 Å². The largest absolute Gasteiger partial charge is 0.317 e. The lowest BCUT2D eigenvalue weighted by molar-refractivity contribution is 0.762. The van der Waals surface area contributed by atoms with Crippen LogP contribution in [0.2, 0.25) is 10.0 Å². The average molecular weight is 400 g/mol. The van der Waals surface area contributed by atoms with Gasteiger partial charge in [-0.25, -0.2) is 0 Å². The van der Waals surface area contributed by atoms with Crippen molar-refractivity contribution in [1.82, 2.24) is 5.32 Å². The van der Waals surface area contributed by atoms with Crippen molar-refractivity contribution in [2.75, 3.05) is 13.1 Å². The van der Waals surface area contributed by atoms with E-state index < -0.39 is 0 Å². The standard InChI is InChI=1S/C20H16Cl2.C4H11N/c21-19-12-6-4-10-16(19)18(14-15-8-2-1-3-9-15)17-11-5-7-13-20(17)22;1-3-5-4-2/h1-13,18H,14H2;5H,3-4H2,1-2H3. The molecule has 0 aliphatic carbocycles. The van der Waals surface area contributed by atoms with Crippen molar-refractivity contribution in [3.8, 4) is 0 Å². The number of hydrogen-bond donors (Lipinski definition) is 1. The van der Waals surface area contributed by atoms with Gasteiger partial charge in [0, 0.05) is 16.0 Å². The van der Waals surface area contributed by atoms with Crippen LogP contribution >= 0.6 is 23.2 Å². The molecule has 0 atom stereocenters. The minimum atomic E-state index is 0.143. The van der Waals surface area contributed by atoms with Gasteiger partial charge in [-0.15, -0.1) is 0 Å². The second kappa shape index (κ2) is 11.8. The van der Waals surface area contributed by atoms with Crippen molar-refractivity contribution in [3.63, 3.8) is 0 Å². The lowest BCUT2D eigenvalue weighted by Gasteiger charge is -2.20. The summed E-state index contributed by atoms with van der Waals surface area (Å²) in [4.78, 5) is 0. The third-order valence-electron chi connectivity index (χ3n) is 4.34. The predicted octanol–water partition coefficient (Wildman–Crippen LogP) is 6.98. The quantitative estimate of drug-likeness (QED) is 0.470. The molecule has 3 rings (SSSR count). The van der Waals surface area contributed by atoms with E-state index in [-0.39, 0.29) is 5.92 Å². The fraction of sp³-hybridized carbons (Fsp3) is 0.250. The molecule has 27 heavy (non-hydrogen) atoms. The third-order valence-corrected chi connectivity index (χ3v) is 5.03. The molecule has 142 valence electrons. The van der Waals surface area contributed by atoms with Crippen molar-refractivity contribution in [2.24, 2.45) is 0 Å². The number of nitrogens with one attached hydrogen (secondary N) is 1. The molecule has 0 spiro atoms. The first-order chi connectivity index (χ1) is 13.2. The van der Waals surface area contributed by atoms with E-state index in [1.165, 1.54) is 5.56 Å². The van der Waals surface area contributed by atoms with Gasteiger partial charge in [-0.2, -0.15) is 0 Å². The summed E-state index contributed by atoms with van der Waals surface area (Å²) in [5, 5.41) is 4.67. The summed E-state index contributed by atoms with van der Waals surface area (Å²) in [6, 6.07) is 26.4. The second-order valence-electron chi connectivity index (χ2n) is 6.24. The Hall–Kier alpha value is -1.80. The van der Waals surface area contributed by atoms with E-state index in [9.17, 15) is 0 Å². The van der Waals surface area contributed by atoms with E-state index in [0.29, 0.717) is 0 Å². The van der Waals surface area contributed by atoms with Crippen LogP contribution in [-0.4, -0.2) is 13.1 Å². The Labute approximate surface area is 173 Å². The fourth-order valence-corrected chi connectivity index (χ4v) is 3.54. The number of hydrogen-bond acceptors (Lipinski definition) is 1. The molecular formula is C24H27Cl2N. The average Bonchev–Trinajstić information content (AvgIpc) is 2.69. The predicted molar refractivity (Wildman–Crippen MR) is 119 cm³/mol. The molecule has 0 aliphatic heterocycles. The van der Waals surface area contributed by atoms with Crippen molar-refractivity contribution >= 4 is 23.2 Å². The summed E-state index contributed by atoms with van der Waals surface area (Å²) < 4.78 is 0. The van der Waals surface area contributed by atoms with Gasteiger partial charge < -0.3 is 5.32 Å². The molecule has 3 heteroatoms. The van der Waals surface area contributed by atoms with E-state index in [1.807, 2.05) is 42.5 Å². The Morgan fingerprint density at radius 1 is 0.667 bits per heavy atom. The zero-order valence-electron chi connectivity index (χ0n) is 16.0. The first kappa shape index (κ1) is 21.5. The van der Waals surface area contributed by atoms with Crippen LogP contribution in [0.3, 0.4) is 0 Å². The molecule has 0 saturated carbocycles. The number of benzene rings is 3. The minimum Gasteiger partial charge on any atom is -0.317 e. The topological polar surface area (TPSA) is 12.0 Å². The molecule has 0 fully saturated rings. The Morgan fingerprint density at radius 2 is 1.11 bits per heavy atom. The Bertz CT molecular complexity index is 755. The van der Waals surface area contributed by atoms with Gasteiger partial charge in [0.05, 0.1) is 0 Å². The first-order valence-corrected chi connectivity index (χ1v) is 10.2. The monoisotopic (exact) mass is 399 g/mol. The normalized spacial score (nSPS) is 10.4. The van der Waals surface area contributed by atoms with Crippen LogP contribution in [-0.2, 0) is 6.42 Å². The van der Waals surface area contributed by atoms with Gasteiger partial charge in [-0.1, -0.05) is 104 Å². The van der Waals surface area contributed by atoms with E-state index >= 15 is 0 Å².